The van der Waals surface area contributed by atoms with Gasteiger partial charge < -0.3 is 14.0 Å². The van der Waals surface area contributed by atoms with Crippen LogP contribution in [0.4, 0.5) is 11.4 Å². The van der Waals surface area contributed by atoms with Crippen LogP contribution in [0, 0.1) is 0 Å². The third-order valence-corrected chi connectivity index (χ3v) is 12.4. The van der Waals surface area contributed by atoms with Crippen LogP contribution in [0.5, 0.6) is 0 Å². The minimum absolute atomic E-state index is 0.970. The van der Waals surface area contributed by atoms with E-state index in [4.69, 9.17) is 0 Å². The van der Waals surface area contributed by atoms with Crippen LogP contribution in [-0.2, 0) is 0 Å². The summed E-state index contributed by atoms with van der Waals surface area (Å²) in [7, 11) is 0. The normalized spacial score (nSPS) is 14.3. The first-order valence-electron chi connectivity index (χ1n) is 20.9. The summed E-state index contributed by atoms with van der Waals surface area (Å²) in [5.74, 6) is 0. The van der Waals surface area contributed by atoms with Gasteiger partial charge in [0.15, 0.2) is 0 Å². The maximum absolute atomic E-state index is 4.64. The van der Waals surface area contributed by atoms with Crippen molar-refractivity contribution in [3.8, 4) is 22.5 Å². The molecule has 1 aliphatic rings. The number of rotatable bonds is 5. The SMILES string of the molecule is C=C1/C=C(c2ccc3c(c2)c2ccc4c(c5ccccc5n4-c4ccccc4)c2n3-c2ccc(-c3ccccc3)cc2)\C=C/N(c2ccc3ccccc3c2)c2ccccc21. The van der Waals surface area contributed by atoms with E-state index in [1.165, 1.54) is 60.0 Å². The molecule has 9 aromatic carbocycles. The zero-order chi connectivity index (χ0) is 40.4. The molecule has 0 atom stereocenters. The third-order valence-electron chi connectivity index (χ3n) is 12.4. The number of nitrogens with zero attached hydrogens (tertiary/aromatic N) is 3. The summed E-state index contributed by atoms with van der Waals surface area (Å²) in [4.78, 5) is 2.29. The molecular formula is C58H39N3. The molecule has 0 spiro atoms. The lowest BCUT2D eigenvalue weighted by molar-refractivity contribution is 1.17. The molecule has 11 aromatic rings. The molecule has 0 aliphatic carbocycles. The van der Waals surface area contributed by atoms with Crippen LogP contribution in [0.25, 0.3) is 88.0 Å². The Kier molecular flexibility index (Phi) is 8.01. The van der Waals surface area contributed by atoms with Crippen molar-refractivity contribution in [3.63, 3.8) is 0 Å². The summed E-state index contributed by atoms with van der Waals surface area (Å²) in [6.07, 6.45) is 6.69. The summed E-state index contributed by atoms with van der Waals surface area (Å²) in [6.45, 7) is 4.64. The monoisotopic (exact) mass is 777 g/mol. The van der Waals surface area contributed by atoms with Gasteiger partial charge in [0.05, 0.1) is 27.8 Å². The second kappa shape index (κ2) is 14.0. The van der Waals surface area contributed by atoms with Crippen LogP contribution in [0.15, 0.2) is 231 Å². The smallest absolute Gasteiger partial charge is 0.0641 e. The molecule has 0 unspecified atom stereocenters. The van der Waals surface area contributed by atoms with Crippen LogP contribution in [0.3, 0.4) is 0 Å². The van der Waals surface area contributed by atoms with E-state index in [1.54, 1.807) is 0 Å². The highest BCUT2D eigenvalue weighted by molar-refractivity contribution is 6.26. The van der Waals surface area contributed by atoms with Crippen molar-refractivity contribution in [3.05, 3.63) is 242 Å². The molecule has 0 saturated heterocycles. The molecule has 0 bridgehead atoms. The van der Waals surface area contributed by atoms with E-state index >= 15 is 0 Å². The fourth-order valence-corrected chi connectivity index (χ4v) is 9.53. The van der Waals surface area contributed by atoms with Gasteiger partial charge in [-0.15, -0.1) is 0 Å². The summed E-state index contributed by atoms with van der Waals surface area (Å²) >= 11 is 0. The van der Waals surface area contributed by atoms with Crippen molar-refractivity contribution in [1.29, 1.82) is 0 Å². The quantitative estimate of drug-likeness (QED) is 0.170. The molecule has 0 amide bonds. The Bertz CT molecular complexity index is 3580. The summed E-state index contributed by atoms with van der Waals surface area (Å²) in [5, 5.41) is 7.31. The molecule has 286 valence electrons. The van der Waals surface area contributed by atoms with Gasteiger partial charge in [0.2, 0.25) is 0 Å². The van der Waals surface area contributed by atoms with E-state index in [1.807, 2.05) is 0 Å². The van der Waals surface area contributed by atoms with Crippen molar-refractivity contribution < 1.29 is 0 Å². The number of fused-ring (bicyclic) bond motifs is 9. The zero-order valence-corrected chi connectivity index (χ0v) is 33.4. The van der Waals surface area contributed by atoms with Crippen molar-refractivity contribution in [2.24, 2.45) is 0 Å². The molecule has 0 radical (unpaired) electrons. The number of anilines is 2. The predicted octanol–water partition coefficient (Wildman–Crippen LogP) is 15.5. The van der Waals surface area contributed by atoms with Gasteiger partial charge >= 0.3 is 0 Å². The van der Waals surface area contributed by atoms with Gasteiger partial charge in [-0.2, -0.15) is 0 Å². The molecule has 0 fully saturated rings. The molecule has 12 rings (SSSR count). The van der Waals surface area contributed by atoms with Gasteiger partial charge in [0.1, 0.15) is 0 Å². The highest BCUT2D eigenvalue weighted by Crippen LogP contribution is 2.44. The Balaban J connectivity index is 1.09. The fourth-order valence-electron chi connectivity index (χ4n) is 9.53. The van der Waals surface area contributed by atoms with Gasteiger partial charge in [-0.05, 0) is 117 Å². The number of benzene rings is 9. The van der Waals surface area contributed by atoms with E-state index in [-0.39, 0.29) is 0 Å². The third kappa shape index (κ3) is 5.66. The highest BCUT2D eigenvalue weighted by Gasteiger charge is 2.22. The minimum atomic E-state index is 0.970. The molecule has 3 heteroatoms. The summed E-state index contributed by atoms with van der Waals surface area (Å²) in [6, 6.07) is 74.6. The summed E-state index contributed by atoms with van der Waals surface area (Å²) in [5.41, 5.74) is 15.9. The maximum Gasteiger partial charge on any atom is 0.0641 e. The molecule has 1 aliphatic heterocycles. The first kappa shape index (κ1) is 34.9. The van der Waals surface area contributed by atoms with Crippen LogP contribution in [0.2, 0.25) is 0 Å². The summed E-state index contributed by atoms with van der Waals surface area (Å²) < 4.78 is 4.89. The largest absolute Gasteiger partial charge is 0.317 e. The van der Waals surface area contributed by atoms with Gasteiger partial charge in [0.25, 0.3) is 0 Å². The molecule has 0 N–H and O–H groups in total. The van der Waals surface area contributed by atoms with Crippen LogP contribution >= 0.6 is 0 Å². The second-order valence-electron chi connectivity index (χ2n) is 15.9. The van der Waals surface area contributed by atoms with Gasteiger partial charge in [-0.3, -0.25) is 0 Å². The van der Waals surface area contributed by atoms with E-state index in [9.17, 15) is 0 Å². The first-order chi connectivity index (χ1) is 30.2. The number of hydrogen-bond acceptors (Lipinski definition) is 1. The van der Waals surface area contributed by atoms with Crippen LogP contribution in [0.1, 0.15) is 11.1 Å². The van der Waals surface area contributed by atoms with E-state index in [2.05, 4.69) is 245 Å². The number of allylic oxidation sites excluding steroid dienone is 4. The zero-order valence-electron chi connectivity index (χ0n) is 33.4. The average molecular weight is 778 g/mol. The maximum atomic E-state index is 4.64. The van der Waals surface area contributed by atoms with Crippen molar-refractivity contribution in [1.82, 2.24) is 9.13 Å². The average Bonchev–Trinajstić information content (AvgIpc) is 3.84. The topological polar surface area (TPSA) is 13.1 Å². The second-order valence-corrected chi connectivity index (χ2v) is 15.9. The van der Waals surface area contributed by atoms with Crippen molar-refractivity contribution >= 4 is 76.9 Å². The molecule has 3 nitrogen and oxygen atoms in total. The number of para-hydroxylation sites is 3. The Morgan fingerprint density at radius 1 is 0.393 bits per heavy atom. The van der Waals surface area contributed by atoms with E-state index < -0.39 is 0 Å². The number of hydrogen-bond donors (Lipinski definition) is 0. The fraction of sp³-hybridized carbons (Fsp3) is 0. The Morgan fingerprint density at radius 2 is 1.03 bits per heavy atom. The molecule has 61 heavy (non-hydrogen) atoms. The Morgan fingerprint density at radius 3 is 1.89 bits per heavy atom. The molecular weight excluding hydrogens is 739 g/mol. The predicted molar refractivity (Wildman–Crippen MR) is 259 cm³/mol. The van der Waals surface area contributed by atoms with E-state index in [0.29, 0.717) is 0 Å². The standard InChI is InChI=1S/C58H39N3/c1-39-36-45(34-35-59(53-22-12-10-20-49(39)53)48-30-26-41-16-8-9-17-43(41)37-48)44-27-32-55-52(38-44)50-31-33-56-57(51-21-11-13-23-54(51)60(56)46-18-6-3-7-19-46)58(50)61(55)47-28-24-42(25-29-47)40-14-4-2-5-15-40/h2-38H,1H2/b35-34-,45-36+. The van der Waals surface area contributed by atoms with Crippen LogP contribution in [-0.4, -0.2) is 9.13 Å². The molecule has 2 aromatic heterocycles. The van der Waals surface area contributed by atoms with Gasteiger partial charge in [0, 0.05) is 50.4 Å². The highest BCUT2D eigenvalue weighted by atomic mass is 15.1. The van der Waals surface area contributed by atoms with Crippen molar-refractivity contribution in [2.45, 2.75) is 0 Å². The molecule has 0 saturated carbocycles. The van der Waals surface area contributed by atoms with Crippen molar-refractivity contribution in [2.75, 3.05) is 4.90 Å². The van der Waals surface area contributed by atoms with Crippen LogP contribution < -0.4 is 4.90 Å². The Hall–Kier alpha value is -8.14. The minimum Gasteiger partial charge on any atom is -0.317 e. The lowest BCUT2D eigenvalue weighted by Crippen LogP contribution is -2.11. The first-order valence-corrected chi connectivity index (χ1v) is 20.9. The Labute approximate surface area is 354 Å². The van der Waals surface area contributed by atoms with E-state index in [0.717, 1.165) is 50.5 Å². The van der Waals surface area contributed by atoms with Gasteiger partial charge in [-0.1, -0.05) is 146 Å². The molecule has 3 heterocycles. The number of aromatic nitrogens is 2. The van der Waals surface area contributed by atoms with Gasteiger partial charge in [-0.25, -0.2) is 0 Å². The lowest BCUT2D eigenvalue weighted by Gasteiger charge is -2.26. The lowest BCUT2D eigenvalue weighted by atomic mass is 9.95.